The van der Waals surface area contributed by atoms with Gasteiger partial charge in [0.05, 0.1) is 5.56 Å². The molecule has 2 saturated heterocycles. The molecule has 2 fully saturated rings. The maximum Gasteiger partial charge on any atom is 0.257 e. The highest BCUT2D eigenvalue weighted by Crippen LogP contribution is 2.30. The standard InChI is InChI=1S/C16H21FN2O/c1-18-10-4-8-14(18)15-9-5-11-19(15)16(20)12-6-2-3-7-13(12)17/h2-3,6-7,14-15H,4-5,8-11H2,1H3/t14-,15-/m0/s1. The van der Waals surface area contributed by atoms with Crippen molar-refractivity contribution in [3.8, 4) is 0 Å². The van der Waals surface area contributed by atoms with Crippen molar-refractivity contribution in [2.75, 3.05) is 20.1 Å². The molecule has 4 heteroatoms. The summed E-state index contributed by atoms with van der Waals surface area (Å²) in [5, 5.41) is 0. The van der Waals surface area contributed by atoms with Crippen LogP contribution < -0.4 is 0 Å². The lowest BCUT2D eigenvalue weighted by Gasteiger charge is -2.33. The van der Waals surface area contributed by atoms with E-state index in [1.807, 2.05) is 4.90 Å². The summed E-state index contributed by atoms with van der Waals surface area (Å²) < 4.78 is 13.8. The summed E-state index contributed by atoms with van der Waals surface area (Å²) in [7, 11) is 2.13. The van der Waals surface area contributed by atoms with Crippen LogP contribution in [0.25, 0.3) is 0 Å². The molecule has 1 aromatic carbocycles. The minimum atomic E-state index is -0.414. The first-order valence-corrected chi connectivity index (χ1v) is 7.44. The predicted octanol–water partition coefficient (Wildman–Crippen LogP) is 2.52. The summed E-state index contributed by atoms with van der Waals surface area (Å²) >= 11 is 0. The summed E-state index contributed by atoms with van der Waals surface area (Å²) in [6.07, 6.45) is 4.39. The number of rotatable bonds is 2. The second-order valence-electron chi connectivity index (χ2n) is 5.88. The van der Waals surface area contributed by atoms with Gasteiger partial charge in [-0.25, -0.2) is 4.39 Å². The van der Waals surface area contributed by atoms with Crippen molar-refractivity contribution in [2.24, 2.45) is 0 Å². The molecule has 1 aromatic rings. The topological polar surface area (TPSA) is 23.6 Å². The smallest absolute Gasteiger partial charge is 0.257 e. The van der Waals surface area contributed by atoms with Crippen LogP contribution in [-0.2, 0) is 0 Å². The van der Waals surface area contributed by atoms with Crippen LogP contribution >= 0.6 is 0 Å². The number of nitrogens with zero attached hydrogens (tertiary/aromatic N) is 2. The van der Waals surface area contributed by atoms with Crippen LogP contribution in [-0.4, -0.2) is 47.9 Å². The van der Waals surface area contributed by atoms with E-state index in [1.165, 1.54) is 12.5 Å². The van der Waals surface area contributed by atoms with Crippen molar-refractivity contribution in [1.29, 1.82) is 0 Å². The molecule has 0 aliphatic carbocycles. The predicted molar refractivity (Wildman–Crippen MR) is 76.1 cm³/mol. The van der Waals surface area contributed by atoms with Crippen LogP contribution in [0.15, 0.2) is 24.3 Å². The summed E-state index contributed by atoms with van der Waals surface area (Å²) in [5.41, 5.74) is 0.208. The molecule has 0 N–H and O–H groups in total. The molecule has 2 aliphatic rings. The van der Waals surface area contributed by atoms with Crippen molar-refractivity contribution < 1.29 is 9.18 Å². The average Bonchev–Trinajstić information content (AvgIpc) is 3.06. The number of carbonyl (C=O) groups excluding carboxylic acids is 1. The van der Waals surface area contributed by atoms with Crippen LogP contribution in [0.5, 0.6) is 0 Å². The quantitative estimate of drug-likeness (QED) is 0.828. The number of carbonyl (C=O) groups is 1. The van der Waals surface area contributed by atoms with Crippen LogP contribution in [0, 0.1) is 5.82 Å². The van der Waals surface area contributed by atoms with Gasteiger partial charge >= 0.3 is 0 Å². The highest BCUT2D eigenvalue weighted by Gasteiger charge is 2.39. The second kappa shape index (κ2) is 5.52. The Kier molecular flexibility index (Phi) is 3.74. The molecule has 0 unspecified atom stereocenters. The first-order chi connectivity index (χ1) is 9.68. The van der Waals surface area contributed by atoms with E-state index in [0.29, 0.717) is 6.04 Å². The molecule has 0 radical (unpaired) electrons. The highest BCUT2D eigenvalue weighted by molar-refractivity contribution is 5.94. The number of hydrogen-bond acceptors (Lipinski definition) is 2. The SMILES string of the molecule is CN1CCC[C@H]1[C@@H]1CCCN1C(=O)c1ccccc1F. The van der Waals surface area contributed by atoms with Crippen molar-refractivity contribution in [3.63, 3.8) is 0 Å². The third-order valence-electron chi connectivity index (χ3n) is 4.69. The zero-order valence-electron chi connectivity index (χ0n) is 11.9. The number of halogens is 1. The lowest BCUT2D eigenvalue weighted by atomic mass is 10.0. The molecule has 20 heavy (non-hydrogen) atoms. The Balaban J connectivity index is 1.82. The summed E-state index contributed by atoms with van der Waals surface area (Å²) in [5.74, 6) is -0.561. The van der Waals surface area contributed by atoms with Gasteiger partial charge in [-0.15, -0.1) is 0 Å². The fraction of sp³-hybridized carbons (Fsp3) is 0.562. The van der Waals surface area contributed by atoms with E-state index in [4.69, 9.17) is 0 Å². The third kappa shape index (κ3) is 2.33. The summed E-state index contributed by atoms with van der Waals surface area (Å²) in [6.45, 7) is 1.85. The minimum Gasteiger partial charge on any atom is -0.334 e. The Morgan fingerprint density at radius 3 is 2.55 bits per heavy atom. The molecule has 3 nitrogen and oxygen atoms in total. The van der Waals surface area contributed by atoms with Crippen molar-refractivity contribution in [1.82, 2.24) is 9.80 Å². The second-order valence-corrected chi connectivity index (χ2v) is 5.88. The molecule has 0 aromatic heterocycles. The Labute approximate surface area is 119 Å². The van der Waals surface area contributed by atoms with E-state index in [9.17, 15) is 9.18 Å². The van der Waals surface area contributed by atoms with E-state index in [-0.39, 0.29) is 17.5 Å². The Morgan fingerprint density at radius 1 is 1.15 bits per heavy atom. The largest absolute Gasteiger partial charge is 0.334 e. The number of benzene rings is 1. The zero-order valence-corrected chi connectivity index (χ0v) is 11.9. The maximum absolute atomic E-state index is 13.8. The monoisotopic (exact) mass is 276 g/mol. The van der Waals surface area contributed by atoms with Gasteiger partial charge in [-0.2, -0.15) is 0 Å². The summed E-state index contributed by atoms with van der Waals surface area (Å²) in [6, 6.07) is 6.98. The number of likely N-dealkylation sites (tertiary alicyclic amines) is 2. The first kappa shape index (κ1) is 13.6. The maximum atomic E-state index is 13.8. The highest BCUT2D eigenvalue weighted by atomic mass is 19.1. The number of hydrogen-bond donors (Lipinski definition) is 0. The van der Waals surface area contributed by atoms with Gasteiger partial charge < -0.3 is 9.80 Å². The molecule has 108 valence electrons. The fourth-order valence-corrected chi connectivity index (χ4v) is 3.66. The minimum absolute atomic E-state index is 0.147. The molecule has 3 rings (SSSR count). The van der Waals surface area contributed by atoms with Crippen molar-refractivity contribution in [3.05, 3.63) is 35.6 Å². The van der Waals surface area contributed by atoms with Gasteiger partial charge in [-0.05, 0) is 51.4 Å². The Hall–Kier alpha value is -1.42. The van der Waals surface area contributed by atoms with Gasteiger partial charge in [0.1, 0.15) is 5.82 Å². The van der Waals surface area contributed by atoms with E-state index in [1.54, 1.807) is 18.2 Å². The van der Waals surface area contributed by atoms with Crippen molar-refractivity contribution in [2.45, 2.75) is 37.8 Å². The molecular formula is C16H21FN2O. The lowest BCUT2D eigenvalue weighted by molar-refractivity contribution is 0.0660. The van der Waals surface area contributed by atoms with Crippen molar-refractivity contribution >= 4 is 5.91 Å². The average molecular weight is 276 g/mol. The van der Waals surface area contributed by atoms with E-state index < -0.39 is 5.82 Å². The van der Waals surface area contributed by atoms with Gasteiger partial charge in [0.2, 0.25) is 0 Å². The molecule has 2 heterocycles. The fourth-order valence-electron chi connectivity index (χ4n) is 3.66. The Bertz CT molecular complexity index is 505. The molecule has 0 bridgehead atoms. The van der Waals surface area contributed by atoms with Gasteiger partial charge in [0.15, 0.2) is 0 Å². The van der Waals surface area contributed by atoms with Crippen LogP contribution in [0.1, 0.15) is 36.0 Å². The third-order valence-corrected chi connectivity index (χ3v) is 4.69. The first-order valence-electron chi connectivity index (χ1n) is 7.44. The van der Waals surface area contributed by atoms with Gasteiger partial charge in [-0.3, -0.25) is 4.79 Å². The molecule has 0 saturated carbocycles. The molecule has 2 atom stereocenters. The van der Waals surface area contributed by atoms with E-state index >= 15 is 0 Å². The zero-order chi connectivity index (χ0) is 14.1. The molecule has 1 amide bonds. The van der Waals surface area contributed by atoms with E-state index in [2.05, 4.69) is 11.9 Å². The van der Waals surface area contributed by atoms with Gasteiger partial charge in [-0.1, -0.05) is 12.1 Å². The number of amides is 1. The lowest BCUT2D eigenvalue weighted by Crippen LogP contribution is -2.47. The normalized spacial score (nSPS) is 27.2. The van der Waals surface area contributed by atoms with Gasteiger partial charge in [0, 0.05) is 18.6 Å². The number of likely N-dealkylation sites (N-methyl/N-ethyl adjacent to an activating group) is 1. The van der Waals surface area contributed by atoms with Crippen LogP contribution in [0.3, 0.4) is 0 Å². The van der Waals surface area contributed by atoms with Crippen LogP contribution in [0.4, 0.5) is 4.39 Å². The molecular weight excluding hydrogens is 255 g/mol. The van der Waals surface area contributed by atoms with Gasteiger partial charge in [0.25, 0.3) is 5.91 Å². The van der Waals surface area contributed by atoms with Crippen LogP contribution in [0.2, 0.25) is 0 Å². The Morgan fingerprint density at radius 2 is 1.85 bits per heavy atom. The van der Waals surface area contributed by atoms with E-state index in [0.717, 1.165) is 32.4 Å². The molecule has 2 aliphatic heterocycles. The summed E-state index contributed by atoms with van der Waals surface area (Å²) in [4.78, 5) is 16.8. The molecule has 0 spiro atoms.